The van der Waals surface area contributed by atoms with Crippen molar-refractivity contribution in [2.45, 2.75) is 6.29 Å². The van der Waals surface area contributed by atoms with E-state index >= 15 is 0 Å². The molecule has 0 spiro atoms. The highest BCUT2D eigenvalue weighted by atomic mass is 16.7. The molecule has 0 saturated heterocycles. The van der Waals surface area contributed by atoms with Crippen molar-refractivity contribution in [3.05, 3.63) is 36.2 Å². The summed E-state index contributed by atoms with van der Waals surface area (Å²) in [4.78, 5) is 7.74. The van der Waals surface area contributed by atoms with Crippen LogP contribution in [0.3, 0.4) is 0 Å². The highest BCUT2D eigenvalue weighted by molar-refractivity contribution is 6.08. The van der Waals surface area contributed by atoms with Crippen molar-refractivity contribution in [2.24, 2.45) is 0 Å². The molecule has 5 heteroatoms. The molecule has 0 amide bonds. The molecule has 1 N–H and O–H groups in total. The first kappa shape index (κ1) is 12.9. The first-order valence-corrected chi connectivity index (χ1v) is 6.28. The van der Waals surface area contributed by atoms with Gasteiger partial charge in [-0.3, -0.25) is 4.98 Å². The smallest absolute Gasteiger partial charge is 0.202 e. The van der Waals surface area contributed by atoms with Gasteiger partial charge in [-0.1, -0.05) is 0 Å². The lowest BCUT2D eigenvalue weighted by Gasteiger charge is -2.13. The summed E-state index contributed by atoms with van der Waals surface area (Å²) < 4.78 is 15.9. The van der Waals surface area contributed by atoms with Gasteiger partial charge in [-0.05, 0) is 24.3 Å². The molecule has 0 atom stereocenters. The van der Waals surface area contributed by atoms with Crippen LogP contribution in [0.25, 0.3) is 21.8 Å². The van der Waals surface area contributed by atoms with Gasteiger partial charge in [-0.2, -0.15) is 0 Å². The monoisotopic (exact) mass is 272 g/mol. The van der Waals surface area contributed by atoms with Gasteiger partial charge in [0.25, 0.3) is 0 Å². The Kier molecular flexibility index (Phi) is 3.30. The van der Waals surface area contributed by atoms with Crippen LogP contribution in [0.2, 0.25) is 0 Å². The van der Waals surface area contributed by atoms with E-state index in [4.69, 9.17) is 14.2 Å². The second-order valence-electron chi connectivity index (χ2n) is 4.46. The predicted molar refractivity (Wildman–Crippen MR) is 76.9 cm³/mol. The van der Waals surface area contributed by atoms with Crippen molar-refractivity contribution in [3.63, 3.8) is 0 Å². The van der Waals surface area contributed by atoms with Gasteiger partial charge in [0, 0.05) is 36.7 Å². The number of aromatic nitrogens is 2. The molecule has 5 nitrogen and oxygen atoms in total. The van der Waals surface area contributed by atoms with E-state index in [9.17, 15) is 0 Å². The lowest BCUT2D eigenvalue weighted by Crippen LogP contribution is -2.06. The summed E-state index contributed by atoms with van der Waals surface area (Å²) in [5.41, 5.74) is 2.69. The molecule has 3 rings (SSSR count). The fourth-order valence-corrected chi connectivity index (χ4v) is 2.45. The number of hydrogen-bond acceptors (Lipinski definition) is 4. The molecule has 0 aliphatic rings. The molecule has 0 aliphatic heterocycles. The summed E-state index contributed by atoms with van der Waals surface area (Å²) in [5.74, 6) is 0.826. The quantitative estimate of drug-likeness (QED) is 0.742. The van der Waals surface area contributed by atoms with E-state index in [0.29, 0.717) is 0 Å². The molecule has 20 heavy (non-hydrogen) atoms. The number of nitrogens with zero attached hydrogens (tertiary/aromatic N) is 1. The molecule has 0 aliphatic carbocycles. The molecule has 0 fully saturated rings. The minimum Gasteiger partial charge on any atom is -0.497 e. The number of pyridine rings is 1. The average Bonchev–Trinajstić information content (AvgIpc) is 2.87. The number of methoxy groups -OCH3 is 3. The van der Waals surface area contributed by atoms with E-state index < -0.39 is 6.29 Å². The zero-order valence-electron chi connectivity index (χ0n) is 11.6. The highest BCUT2D eigenvalue weighted by Crippen LogP contribution is 2.32. The van der Waals surface area contributed by atoms with Crippen LogP contribution in [0.1, 0.15) is 12.0 Å². The SMILES string of the molecule is COc1ccc2[nH]c3c(C(OC)OC)nccc3c2c1. The predicted octanol–water partition coefficient (Wildman–Crippen LogP) is 3.02. The number of rotatable bonds is 4. The summed E-state index contributed by atoms with van der Waals surface area (Å²) in [6, 6.07) is 7.90. The van der Waals surface area contributed by atoms with E-state index in [-0.39, 0.29) is 0 Å². The van der Waals surface area contributed by atoms with Crippen molar-refractivity contribution in [2.75, 3.05) is 21.3 Å². The normalized spacial score (nSPS) is 11.6. The Hall–Kier alpha value is -2.11. The minimum atomic E-state index is -0.492. The van der Waals surface area contributed by atoms with Gasteiger partial charge >= 0.3 is 0 Å². The standard InChI is InChI=1S/C15H16N2O3/c1-18-9-4-5-12-11(8-9)10-6-7-16-14(13(10)17-12)15(19-2)20-3/h4-8,15,17H,1-3H3. The third-order valence-electron chi connectivity index (χ3n) is 3.41. The molecular formula is C15H16N2O3. The van der Waals surface area contributed by atoms with Crippen molar-refractivity contribution in [3.8, 4) is 5.75 Å². The van der Waals surface area contributed by atoms with Gasteiger partial charge < -0.3 is 19.2 Å². The van der Waals surface area contributed by atoms with Crippen LogP contribution >= 0.6 is 0 Å². The molecule has 3 aromatic rings. The maximum absolute atomic E-state index is 5.31. The van der Waals surface area contributed by atoms with Gasteiger partial charge in [0.2, 0.25) is 6.29 Å². The van der Waals surface area contributed by atoms with Crippen molar-refractivity contribution in [1.82, 2.24) is 9.97 Å². The number of H-pyrrole nitrogens is 1. The third-order valence-corrected chi connectivity index (χ3v) is 3.41. The second-order valence-corrected chi connectivity index (χ2v) is 4.46. The fraction of sp³-hybridized carbons (Fsp3) is 0.267. The van der Waals surface area contributed by atoms with Crippen LogP contribution in [0.15, 0.2) is 30.5 Å². The molecule has 0 bridgehead atoms. The van der Waals surface area contributed by atoms with Gasteiger partial charge in [0.05, 0.1) is 12.6 Å². The number of ether oxygens (including phenoxy) is 3. The second kappa shape index (κ2) is 5.11. The number of nitrogens with one attached hydrogen (secondary N) is 1. The van der Waals surface area contributed by atoms with E-state index in [1.54, 1.807) is 27.5 Å². The van der Waals surface area contributed by atoms with Gasteiger partial charge in [0.15, 0.2) is 0 Å². The van der Waals surface area contributed by atoms with Crippen LogP contribution in [-0.4, -0.2) is 31.3 Å². The first-order valence-electron chi connectivity index (χ1n) is 6.28. The summed E-state index contributed by atoms with van der Waals surface area (Å²) in [6.07, 6.45) is 1.27. The highest BCUT2D eigenvalue weighted by Gasteiger charge is 2.17. The molecule has 104 valence electrons. The zero-order chi connectivity index (χ0) is 14.1. The lowest BCUT2D eigenvalue weighted by molar-refractivity contribution is -0.107. The number of fused-ring (bicyclic) bond motifs is 3. The molecule has 2 heterocycles. The number of hydrogen-bond donors (Lipinski definition) is 1. The van der Waals surface area contributed by atoms with Crippen molar-refractivity contribution in [1.29, 1.82) is 0 Å². The largest absolute Gasteiger partial charge is 0.497 e. The summed E-state index contributed by atoms with van der Waals surface area (Å²) in [6.45, 7) is 0. The van der Waals surface area contributed by atoms with Crippen LogP contribution in [-0.2, 0) is 9.47 Å². The third kappa shape index (κ3) is 1.92. The Labute approximate surface area is 116 Å². The van der Waals surface area contributed by atoms with E-state index in [1.807, 2.05) is 24.3 Å². The maximum Gasteiger partial charge on any atom is 0.202 e. The lowest BCUT2D eigenvalue weighted by atomic mass is 10.1. The summed E-state index contributed by atoms with van der Waals surface area (Å²) in [7, 11) is 4.86. The van der Waals surface area contributed by atoms with E-state index in [1.165, 1.54) is 0 Å². The van der Waals surface area contributed by atoms with Crippen LogP contribution in [0, 0.1) is 0 Å². The molecule has 0 unspecified atom stereocenters. The van der Waals surface area contributed by atoms with Crippen LogP contribution < -0.4 is 4.74 Å². The molecular weight excluding hydrogens is 256 g/mol. The number of aromatic amines is 1. The van der Waals surface area contributed by atoms with Crippen LogP contribution in [0.5, 0.6) is 5.75 Å². The van der Waals surface area contributed by atoms with E-state index in [0.717, 1.165) is 33.2 Å². The fourth-order valence-electron chi connectivity index (χ4n) is 2.45. The minimum absolute atomic E-state index is 0.492. The zero-order valence-corrected chi connectivity index (χ0v) is 11.6. The Balaban J connectivity index is 2.30. The maximum atomic E-state index is 5.31. The average molecular weight is 272 g/mol. The summed E-state index contributed by atoms with van der Waals surface area (Å²) in [5, 5.41) is 2.16. The molecule has 0 radical (unpaired) electrons. The van der Waals surface area contributed by atoms with Gasteiger partial charge in [-0.25, -0.2) is 0 Å². The Bertz CT molecular complexity index is 747. The molecule has 0 saturated carbocycles. The molecule has 2 aromatic heterocycles. The van der Waals surface area contributed by atoms with Gasteiger partial charge in [0.1, 0.15) is 11.4 Å². The summed E-state index contributed by atoms with van der Waals surface area (Å²) >= 11 is 0. The Morgan fingerprint density at radius 2 is 1.85 bits per heavy atom. The molecule has 1 aromatic carbocycles. The Morgan fingerprint density at radius 1 is 1.05 bits per heavy atom. The first-order chi connectivity index (χ1) is 9.78. The van der Waals surface area contributed by atoms with Crippen molar-refractivity contribution >= 4 is 21.8 Å². The van der Waals surface area contributed by atoms with Gasteiger partial charge in [-0.15, -0.1) is 0 Å². The topological polar surface area (TPSA) is 56.4 Å². The number of benzene rings is 1. The van der Waals surface area contributed by atoms with Crippen molar-refractivity contribution < 1.29 is 14.2 Å². The van der Waals surface area contributed by atoms with E-state index in [2.05, 4.69) is 9.97 Å². The van der Waals surface area contributed by atoms with Crippen LogP contribution in [0.4, 0.5) is 0 Å². The Morgan fingerprint density at radius 3 is 2.55 bits per heavy atom.